The van der Waals surface area contributed by atoms with Crippen molar-refractivity contribution >= 4 is 29.8 Å². The Balaban J connectivity index is 1.41. The highest BCUT2D eigenvalue weighted by Gasteiger charge is 2.88. The average Bonchev–Trinajstić information content (AvgIpc) is 3.20. The molecule has 4 bridgehead atoms. The number of methoxy groups -OCH3 is 2. The van der Waals surface area contributed by atoms with E-state index in [4.69, 9.17) is 33.2 Å². The zero-order chi connectivity index (χ0) is 44.5. The number of nitrogens with one attached hydrogen (secondary N) is 2. The molecule has 3 aliphatic carbocycles. The molecule has 330 valence electrons. The van der Waals surface area contributed by atoms with E-state index in [1.54, 1.807) is 102 Å². The van der Waals surface area contributed by atoms with Gasteiger partial charge in [0.05, 0.1) is 29.7 Å². The Morgan fingerprint density at radius 1 is 0.967 bits per heavy atom. The Kier molecular flexibility index (Phi) is 11.3. The van der Waals surface area contributed by atoms with Crippen LogP contribution in [0.4, 0.5) is 4.79 Å². The van der Waals surface area contributed by atoms with Gasteiger partial charge in [0.25, 0.3) is 0 Å². The second-order valence-corrected chi connectivity index (χ2v) is 18.2. The van der Waals surface area contributed by atoms with Crippen molar-refractivity contribution in [1.82, 2.24) is 10.6 Å². The number of fused-ring (bicyclic) bond motifs is 3. The predicted molar refractivity (Wildman–Crippen MR) is 215 cm³/mol. The summed E-state index contributed by atoms with van der Waals surface area (Å²) in [6.07, 6.45) is -9.56. The van der Waals surface area contributed by atoms with Gasteiger partial charge in [-0.25, -0.2) is 14.4 Å². The molecule has 3 saturated heterocycles. The van der Waals surface area contributed by atoms with Gasteiger partial charge in [0.2, 0.25) is 0 Å². The largest absolute Gasteiger partial charge is 0.456 e. The molecule has 0 aromatic heterocycles. The van der Waals surface area contributed by atoms with E-state index in [9.17, 15) is 29.4 Å². The Morgan fingerprint density at radius 3 is 2.16 bits per heavy atom. The van der Waals surface area contributed by atoms with Crippen LogP contribution < -0.4 is 10.6 Å². The second kappa shape index (κ2) is 15.6. The second-order valence-electron chi connectivity index (χ2n) is 18.2. The SMILES string of the molecule is CO[C@H]1C(=O)[C@]2(C)[C@@H](OC)C[C@H]3OC[C@@]3(OC(C)=O)[C@]23NCC2(C)C1=C(C)[C@@H](OC(=O)[C@H](O)C(NC(=O)OC(C)(C)C)c1ccccc1)C[C@@]2(O)[C@H]3OC(=O)c1ccccc1. The normalized spacial score (nSPS) is 36.1. The third-order valence-electron chi connectivity index (χ3n) is 13.8. The Hall–Kier alpha value is -4.71. The molecule has 3 heterocycles. The van der Waals surface area contributed by atoms with Gasteiger partial charge in [0.1, 0.15) is 35.1 Å². The summed E-state index contributed by atoms with van der Waals surface area (Å²) in [5, 5.41) is 31.8. The van der Waals surface area contributed by atoms with E-state index in [1.165, 1.54) is 21.1 Å². The van der Waals surface area contributed by atoms with Crippen molar-refractivity contribution in [3.63, 3.8) is 0 Å². The summed E-state index contributed by atoms with van der Waals surface area (Å²) in [4.78, 5) is 70.7. The zero-order valence-corrected chi connectivity index (χ0v) is 35.9. The molecule has 1 amide bonds. The quantitative estimate of drug-likeness (QED) is 0.153. The number of piperidine rings is 1. The van der Waals surface area contributed by atoms with Crippen LogP contribution in [0, 0.1) is 10.8 Å². The number of amides is 1. The first kappa shape index (κ1) is 44.3. The fourth-order valence-electron chi connectivity index (χ4n) is 10.9. The number of aliphatic hydroxyl groups excluding tert-OH is 1. The molecule has 5 fully saturated rings. The van der Waals surface area contributed by atoms with Gasteiger partial charge in [0, 0.05) is 45.9 Å². The van der Waals surface area contributed by atoms with Crippen LogP contribution in [0.15, 0.2) is 71.8 Å². The average molecular weight is 849 g/mol. The van der Waals surface area contributed by atoms with Crippen LogP contribution in [0.2, 0.25) is 0 Å². The molecule has 16 heteroatoms. The van der Waals surface area contributed by atoms with Gasteiger partial charge in [-0.05, 0) is 63.5 Å². The highest BCUT2D eigenvalue weighted by Crippen LogP contribution is 2.68. The highest BCUT2D eigenvalue weighted by molar-refractivity contribution is 5.96. The maximum atomic E-state index is 15.7. The number of carbonyl (C=O) groups excluding carboxylic acids is 5. The van der Waals surface area contributed by atoms with Crippen LogP contribution in [0.1, 0.15) is 83.3 Å². The summed E-state index contributed by atoms with van der Waals surface area (Å²) in [6, 6.07) is 15.1. The lowest BCUT2D eigenvalue weighted by Crippen LogP contribution is -2.97. The summed E-state index contributed by atoms with van der Waals surface area (Å²) in [5.74, 6) is -3.27. The van der Waals surface area contributed by atoms with Crippen molar-refractivity contribution in [2.45, 2.75) is 126 Å². The zero-order valence-electron chi connectivity index (χ0n) is 35.9. The van der Waals surface area contributed by atoms with Crippen LogP contribution in [-0.2, 0) is 47.5 Å². The number of alkyl carbamates (subject to hydrolysis) is 1. The Labute approximate surface area is 354 Å². The minimum absolute atomic E-state index is 0.0658. The molecule has 6 aliphatic rings. The summed E-state index contributed by atoms with van der Waals surface area (Å²) in [5.41, 5.74) is -8.93. The molecule has 2 aromatic carbocycles. The molecule has 2 unspecified atom stereocenters. The first-order chi connectivity index (χ1) is 28.7. The van der Waals surface area contributed by atoms with Gasteiger partial charge >= 0.3 is 24.0 Å². The first-order valence-electron chi connectivity index (χ1n) is 20.4. The molecule has 2 saturated carbocycles. The topological polar surface area (TPSA) is 214 Å². The molecule has 3 aliphatic heterocycles. The smallest absolute Gasteiger partial charge is 0.408 e. The minimum Gasteiger partial charge on any atom is -0.456 e. The molecule has 12 atom stereocenters. The van der Waals surface area contributed by atoms with Gasteiger partial charge in [-0.1, -0.05) is 55.5 Å². The number of hydrogen-bond donors (Lipinski definition) is 4. The first-order valence-corrected chi connectivity index (χ1v) is 20.4. The fraction of sp³-hybridized carbons (Fsp3) is 0.578. The van der Waals surface area contributed by atoms with Crippen molar-refractivity contribution in [2.75, 3.05) is 27.4 Å². The summed E-state index contributed by atoms with van der Waals surface area (Å²) < 4.78 is 42.8. The van der Waals surface area contributed by atoms with Crippen LogP contribution >= 0.6 is 0 Å². The lowest BCUT2D eigenvalue weighted by molar-refractivity contribution is -0.372. The lowest BCUT2D eigenvalue weighted by atomic mass is 9.38. The molecular weight excluding hydrogens is 792 g/mol. The van der Waals surface area contributed by atoms with Gasteiger partial charge in [-0.15, -0.1) is 0 Å². The third-order valence-corrected chi connectivity index (χ3v) is 13.8. The van der Waals surface area contributed by atoms with Gasteiger partial charge in [0.15, 0.2) is 23.6 Å². The molecule has 16 nitrogen and oxygen atoms in total. The number of ketones is 1. The highest BCUT2D eigenvalue weighted by atomic mass is 16.6. The Bertz CT molecular complexity index is 2110. The number of benzene rings is 2. The van der Waals surface area contributed by atoms with Crippen molar-refractivity contribution < 1.29 is 67.3 Å². The van der Waals surface area contributed by atoms with Crippen LogP contribution in [0.5, 0.6) is 0 Å². The summed E-state index contributed by atoms with van der Waals surface area (Å²) in [7, 11) is 2.79. The molecule has 1 spiro atoms. The Morgan fingerprint density at radius 2 is 1.61 bits per heavy atom. The number of aliphatic hydroxyl groups is 2. The standard InChI is InChI=1S/C45H56N2O14/c1-24-28(58-37(52)33(49)32(26-16-12-10-13-17-26)47-39(53)61-40(3,4)5)21-43(54)38(59-36(51)27-18-14-11-15-19-27)45-42(7,35(50)34(56-9)31(24)41(43,6)22-46-45)29(55-8)20-30-44(45,23-57-30)60-25(2)48/h10-19,28-30,32-34,38,46,49,54H,20-23H2,1-9H3,(H,47,53)/t28-,29-,30+,32?,33+,34+,38+,41?,42-,43+,44-,45+/m0/s1. The minimum atomic E-state index is -2.23. The molecule has 8 rings (SSSR count). The monoisotopic (exact) mass is 848 g/mol. The van der Waals surface area contributed by atoms with Gasteiger partial charge < -0.3 is 54.0 Å². The van der Waals surface area contributed by atoms with Crippen molar-refractivity contribution in [1.29, 1.82) is 0 Å². The molecule has 0 radical (unpaired) electrons. The van der Waals surface area contributed by atoms with Crippen molar-refractivity contribution in [3.05, 3.63) is 82.9 Å². The lowest BCUT2D eigenvalue weighted by Gasteiger charge is -2.76. The van der Waals surface area contributed by atoms with Crippen molar-refractivity contribution in [3.8, 4) is 0 Å². The maximum Gasteiger partial charge on any atom is 0.408 e. The fourth-order valence-corrected chi connectivity index (χ4v) is 10.9. The molecular formula is C45H56N2O14. The molecule has 2 aromatic rings. The van der Waals surface area contributed by atoms with Crippen LogP contribution in [-0.4, -0.2) is 126 Å². The number of hydrogen-bond acceptors (Lipinski definition) is 15. The van der Waals surface area contributed by atoms with E-state index in [1.807, 2.05) is 0 Å². The number of rotatable bonds is 10. The van der Waals surface area contributed by atoms with Crippen LogP contribution in [0.3, 0.4) is 0 Å². The van der Waals surface area contributed by atoms with E-state index in [0.29, 0.717) is 11.1 Å². The number of ether oxygens (including phenoxy) is 7. The number of esters is 3. The van der Waals surface area contributed by atoms with Gasteiger partial charge in [-0.3, -0.25) is 9.59 Å². The van der Waals surface area contributed by atoms with E-state index in [-0.39, 0.29) is 30.7 Å². The van der Waals surface area contributed by atoms with Gasteiger partial charge in [-0.2, -0.15) is 0 Å². The number of Topliss-reactive ketones (excluding diaryl/α,β-unsaturated/α-hetero) is 1. The molecule has 4 N–H and O–H groups in total. The van der Waals surface area contributed by atoms with E-state index >= 15 is 4.79 Å². The summed E-state index contributed by atoms with van der Waals surface area (Å²) >= 11 is 0. The van der Waals surface area contributed by atoms with E-state index < -0.39 is 112 Å². The van der Waals surface area contributed by atoms with Crippen LogP contribution in [0.25, 0.3) is 0 Å². The third kappa shape index (κ3) is 6.60. The molecule has 61 heavy (non-hydrogen) atoms. The maximum absolute atomic E-state index is 15.7. The van der Waals surface area contributed by atoms with Crippen molar-refractivity contribution in [2.24, 2.45) is 10.8 Å². The summed E-state index contributed by atoms with van der Waals surface area (Å²) in [6.45, 7) is 10.9. The van der Waals surface area contributed by atoms with E-state index in [0.717, 1.165) is 0 Å². The van der Waals surface area contributed by atoms with E-state index in [2.05, 4.69) is 10.6 Å². The predicted octanol–water partition coefficient (Wildman–Crippen LogP) is 3.27. The number of carbonyl (C=O) groups is 5.